The largest absolute Gasteiger partial charge is 0.278 e. The van der Waals surface area contributed by atoms with E-state index in [1.165, 1.54) is 18.2 Å². The van der Waals surface area contributed by atoms with Gasteiger partial charge in [-0.25, -0.2) is 8.42 Å². The van der Waals surface area contributed by atoms with Crippen molar-refractivity contribution >= 4 is 43.2 Å². The average Bonchev–Trinajstić information content (AvgIpc) is 2.41. The molecule has 7 heteroatoms. The van der Waals surface area contributed by atoms with Crippen LogP contribution in [0, 0.1) is 11.3 Å². The van der Waals surface area contributed by atoms with Gasteiger partial charge in [-0.2, -0.15) is 5.26 Å². The minimum absolute atomic E-state index is 0.00254. The van der Waals surface area contributed by atoms with Gasteiger partial charge >= 0.3 is 0 Å². The van der Waals surface area contributed by atoms with E-state index < -0.39 is 10.0 Å². The van der Waals surface area contributed by atoms with Crippen molar-refractivity contribution < 1.29 is 8.42 Å². The number of sulfonamides is 1. The van der Waals surface area contributed by atoms with Crippen LogP contribution in [0.5, 0.6) is 0 Å². The predicted octanol–water partition coefficient (Wildman–Crippen LogP) is 3.77. The summed E-state index contributed by atoms with van der Waals surface area (Å²) in [6.07, 6.45) is 0. The fourth-order valence-electron chi connectivity index (χ4n) is 1.50. The van der Waals surface area contributed by atoms with E-state index in [0.717, 1.165) is 0 Å². The van der Waals surface area contributed by atoms with Crippen molar-refractivity contribution in [2.45, 2.75) is 4.90 Å². The Morgan fingerprint density at radius 1 is 1.20 bits per heavy atom. The zero-order valence-corrected chi connectivity index (χ0v) is 13.1. The van der Waals surface area contributed by atoms with E-state index in [1.54, 1.807) is 24.3 Å². The first-order valence-electron chi connectivity index (χ1n) is 5.41. The van der Waals surface area contributed by atoms with Gasteiger partial charge < -0.3 is 0 Å². The fraction of sp³-hybridized carbons (Fsp3) is 0. The van der Waals surface area contributed by atoms with Crippen molar-refractivity contribution in [1.82, 2.24) is 0 Å². The van der Waals surface area contributed by atoms with Crippen LogP contribution in [0.15, 0.2) is 51.8 Å². The number of nitriles is 1. The van der Waals surface area contributed by atoms with Gasteiger partial charge in [0.15, 0.2) is 0 Å². The second kappa shape index (κ2) is 5.83. The Kier molecular flexibility index (Phi) is 4.33. The van der Waals surface area contributed by atoms with Crippen LogP contribution in [0.2, 0.25) is 5.02 Å². The standard InChI is InChI=1S/C13H8BrClN2O2S/c14-11-3-1-2-4-13(11)17-20(18,19)10-6-5-9(8-16)12(15)7-10/h1-7,17H. The summed E-state index contributed by atoms with van der Waals surface area (Å²) < 4.78 is 27.5. The number of anilines is 1. The number of para-hydroxylation sites is 1. The van der Waals surface area contributed by atoms with Crippen molar-refractivity contribution in [3.8, 4) is 6.07 Å². The summed E-state index contributed by atoms with van der Waals surface area (Å²) >= 11 is 9.11. The molecule has 4 nitrogen and oxygen atoms in total. The SMILES string of the molecule is N#Cc1ccc(S(=O)(=O)Nc2ccccc2Br)cc1Cl. The first-order valence-corrected chi connectivity index (χ1v) is 8.06. The normalized spacial score (nSPS) is 10.8. The van der Waals surface area contributed by atoms with Crippen LogP contribution in [-0.4, -0.2) is 8.42 Å². The number of hydrogen-bond donors (Lipinski definition) is 1. The molecule has 0 aliphatic rings. The third kappa shape index (κ3) is 3.12. The maximum Gasteiger partial charge on any atom is 0.261 e. The summed E-state index contributed by atoms with van der Waals surface area (Å²) in [6, 6.07) is 12.7. The molecule has 2 aromatic carbocycles. The van der Waals surface area contributed by atoms with Crippen molar-refractivity contribution in [3.05, 3.63) is 57.5 Å². The molecule has 0 saturated carbocycles. The number of hydrogen-bond acceptors (Lipinski definition) is 3. The van der Waals surface area contributed by atoms with Gasteiger partial charge in [0.05, 0.1) is 21.2 Å². The number of rotatable bonds is 3. The molecule has 1 N–H and O–H groups in total. The molecule has 0 heterocycles. The van der Waals surface area contributed by atoms with Gasteiger partial charge in [0.25, 0.3) is 10.0 Å². The predicted molar refractivity (Wildman–Crippen MR) is 81.1 cm³/mol. The smallest absolute Gasteiger partial charge is 0.261 e. The minimum Gasteiger partial charge on any atom is -0.278 e. The van der Waals surface area contributed by atoms with Gasteiger partial charge in [-0.05, 0) is 46.3 Å². The lowest BCUT2D eigenvalue weighted by Crippen LogP contribution is -2.13. The molecule has 0 atom stereocenters. The lowest BCUT2D eigenvalue weighted by molar-refractivity contribution is 0.601. The molecule has 0 spiro atoms. The van der Waals surface area contributed by atoms with E-state index in [2.05, 4.69) is 20.7 Å². The number of halogens is 2. The first kappa shape index (κ1) is 14.9. The first-order chi connectivity index (χ1) is 9.44. The van der Waals surface area contributed by atoms with Gasteiger partial charge in [0.2, 0.25) is 0 Å². The van der Waals surface area contributed by atoms with Crippen LogP contribution in [0.25, 0.3) is 0 Å². The Morgan fingerprint density at radius 3 is 2.50 bits per heavy atom. The maximum atomic E-state index is 12.2. The van der Waals surface area contributed by atoms with Gasteiger partial charge in [-0.1, -0.05) is 23.7 Å². The maximum absolute atomic E-state index is 12.2. The van der Waals surface area contributed by atoms with Crippen LogP contribution >= 0.6 is 27.5 Å². The van der Waals surface area contributed by atoms with Crippen LogP contribution in [-0.2, 0) is 10.0 Å². The molecule has 0 amide bonds. The molecule has 0 bridgehead atoms. The van der Waals surface area contributed by atoms with E-state index in [9.17, 15) is 8.42 Å². The fourth-order valence-corrected chi connectivity index (χ4v) is 3.41. The highest BCUT2D eigenvalue weighted by Crippen LogP contribution is 2.26. The summed E-state index contributed by atoms with van der Waals surface area (Å²) in [6.45, 7) is 0. The van der Waals surface area contributed by atoms with E-state index in [-0.39, 0.29) is 15.5 Å². The lowest BCUT2D eigenvalue weighted by atomic mass is 10.2. The average molecular weight is 372 g/mol. The van der Waals surface area contributed by atoms with Crippen molar-refractivity contribution in [1.29, 1.82) is 5.26 Å². The Morgan fingerprint density at radius 2 is 1.90 bits per heavy atom. The summed E-state index contributed by atoms with van der Waals surface area (Å²) in [7, 11) is -3.76. The summed E-state index contributed by atoms with van der Waals surface area (Å²) in [4.78, 5) is -0.00254. The monoisotopic (exact) mass is 370 g/mol. The van der Waals surface area contributed by atoms with Gasteiger partial charge in [-0.15, -0.1) is 0 Å². The summed E-state index contributed by atoms with van der Waals surface area (Å²) in [5.41, 5.74) is 0.652. The number of nitrogens with one attached hydrogen (secondary N) is 1. The van der Waals surface area contributed by atoms with Crippen molar-refractivity contribution in [2.75, 3.05) is 4.72 Å². The van der Waals surface area contributed by atoms with Crippen LogP contribution in [0.3, 0.4) is 0 Å². The van der Waals surface area contributed by atoms with E-state index >= 15 is 0 Å². The van der Waals surface area contributed by atoms with Crippen molar-refractivity contribution in [2.24, 2.45) is 0 Å². The molecule has 0 unspecified atom stereocenters. The Labute approximate surface area is 130 Å². The second-order valence-electron chi connectivity index (χ2n) is 3.84. The van der Waals surface area contributed by atoms with Gasteiger partial charge in [0.1, 0.15) is 6.07 Å². The van der Waals surface area contributed by atoms with Crippen LogP contribution in [0.4, 0.5) is 5.69 Å². The van der Waals surface area contributed by atoms with Gasteiger partial charge in [-0.3, -0.25) is 4.72 Å². The molecule has 0 saturated heterocycles. The highest BCUT2D eigenvalue weighted by molar-refractivity contribution is 9.10. The molecule has 20 heavy (non-hydrogen) atoms. The third-order valence-electron chi connectivity index (χ3n) is 2.49. The van der Waals surface area contributed by atoms with E-state index in [0.29, 0.717) is 10.2 Å². The quantitative estimate of drug-likeness (QED) is 0.892. The molecule has 0 radical (unpaired) electrons. The molecule has 0 fully saturated rings. The molecule has 0 aliphatic carbocycles. The summed E-state index contributed by atoms with van der Waals surface area (Å²) in [5, 5.41) is 8.88. The zero-order valence-electron chi connectivity index (χ0n) is 9.97. The number of nitrogens with zero attached hydrogens (tertiary/aromatic N) is 1. The number of benzene rings is 2. The van der Waals surface area contributed by atoms with Crippen LogP contribution in [0.1, 0.15) is 5.56 Å². The lowest BCUT2D eigenvalue weighted by Gasteiger charge is -2.10. The minimum atomic E-state index is -3.76. The molecule has 2 rings (SSSR count). The molecular formula is C13H8BrClN2O2S. The summed E-state index contributed by atoms with van der Waals surface area (Å²) in [5.74, 6) is 0. The Balaban J connectivity index is 2.39. The highest BCUT2D eigenvalue weighted by Gasteiger charge is 2.16. The highest BCUT2D eigenvalue weighted by atomic mass is 79.9. The van der Waals surface area contributed by atoms with E-state index in [1.807, 2.05) is 6.07 Å². The molecule has 0 aromatic heterocycles. The topological polar surface area (TPSA) is 70.0 Å². The van der Waals surface area contributed by atoms with Crippen molar-refractivity contribution in [3.63, 3.8) is 0 Å². The Hall–Kier alpha value is -1.55. The molecule has 102 valence electrons. The zero-order chi connectivity index (χ0) is 14.8. The molecule has 2 aromatic rings. The van der Waals surface area contributed by atoms with Gasteiger partial charge in [0, 0.05) is 4.47 Å². The Bertz CT molecular complexity index is 800. The van der Waals surface area contributed by atoms with E-state index in [4.69, 9.17) is 16.9 Å². The molecule has 0 aliphatic heterocycles. The molecular weight excluding hydrogens is 364 g/mol. The third-order valence-corrected chi connectivity index (χ3v) is 4.86. The second-order valence-corrected chi connectivity index (χ2v) is 6.78. The van der Waals surface area contributed by atoms with Crippen LogP contribution < -0.4 is 4.72 Å².